The Labute approximate surface area is 194 Å². The number of halogens is 2. The van der Waals surface area contributed by atoms with Gasteiger partial charge in [0.15, 0.2) is 11.0 Å². The maximum absolute atomic E-state index is 12.5. The van der Waals surface area contributed by atoms with E-state index in [1.54, 1.807) is 49.6 Å². The van der Waals surface area contributed by atoms with Crippen LogP contribution in [0.2, 0.25) is 10.0 Å². The lowest BCUT2D eigenvalue weighted by atomic mass is 10.2. The summed E-state index contributed by atoms with van der Waals surface area (Å²) in [7, 11) is 3.09. The monoisotopic (exact) mass is 478 g/mol. The largest absolute Gasteiger partial charge is 0.497 e. The minimum Gasteiger partial charge on any atom is -0.497 e. The van der Waals surface area contributed by atoms with Gasteiger partial charge in [-0.1, -0.05) is 41.0 Å². The van der Waals surface area contributed by atoms with Crippen LogP contribution in [-0.4, -0.2) is 40.6 Å². The van der Waals surface area contributed by atoms with Gasteiger partial charge in [0, 0.05) is 23.2 Å². The fourth-order valence-electron chi connectivity index (χ4n) is 2.79. The molecule has 0 saturated carbocycles. The molecule has 0 spiro atoms. The SMILES string of the molecule is C=CCn1c(SCC(=O)Nc2cc(OC)ccc2OC)nnc1-c1ccc(Cl)cc1Cl. The molecule has 162 valence electrons. The molecular weight excluding hydrogens is 459 g/mol. The Bertz CT molecular complexity index is 1100. The van der Waals surface area contributed by atoms with Crippen LogP contribution in [0.1, 0.15) is 0 Å². The number of allylic oxidation sites excluding steroid dienone is 1. The molecule has 2 aromatic carbocycles. The first-order valence-corrected chi connectivity index (χ1v) is 10.8. The van der Waals surface area contributed by atoms with Crippen LogP contribution in [0, 0.1) is 0 Å². The summed E-state index contributed by atoms with van der Waals surface area (Å²) in [5, 5.41) is 12.9. The van der Waals surface area contributed by atoms with Crippen molar-refractivity contribution in [2.75, 3.05) is 25.3 Å². The molecule has 31 heavy (non-hydrogen) atoms. The lowest BCUT2D eigenvalue weighted by Crippen LogP contribution is -2.15. The molecule has 0 unspecified atom stereocenters. The Hall–Kier alpha value is -2.68. The Morgan fingerprint density at radius 1 is 1.19 bits per heavy atom. The highest BCUT2D eigenvalue weighted by atomic mass is 35.5. The van der Waals surface area contributed by atoms with Crippen molar-refractivity contribution in [1.29, 1.82) is 0 Å². The topological polar surface area (TPSA) is 78.3 Å². The molecule has 0 aliphatic carbocycles. The third kappa shape index (κ3) is 5.52. The predicted molar refractivity (Wildman–Crippen MR) is 125 cm³/mol. The number of methoxy groups -OCH3 is 2. The van der Waals surface area contributed by atoms with Crippen LogP contribution in [-0.2, 0) is 11.3 Å². The number of thioether (sulfide) groups is 1. The summed E-state index contributed by atoms with van der Waals surface area (Å²) in [4.78, 5) is 12.5. The zero-order chi connectivity index (χ0) is 22.4. The fourth-order valence-corrected chi connectivity index (χ4v) is 4.03. The first-order valence-electron chi connectivity index (χ1n) is 9.11. The first-order chi connectivity index (χ1) is 15.0. The van der Waals surface area contributed by atoms with Gasteiger partial charge in [-0.2, -0.15) is 0 Å². The van der Waals surface area contributed by atoms with E-state index in [2.05, 4.69) is 22.1 Å². The summed E-state index contributed by atoms with van der Waals surface area (Å²) in [5.41, 5.74) is 1.21. The number of anilines is 1. The fraction of sp³-hybridized carbons (Fsp3) is 0.190. The molecule has 10 heteroatoms. The molecule has 1 N–H and O–H groups in total. The van der Waals surface area contributed by atoms with Crippen molar-refractivity contribution in [1.82, 2.24) is 14.8 Å². The summed E-state index contributed by atoms with van der Waals surface area (Å²) in [6.45, 7) is 4.24. The molecule has 3 aromatic rings. The van der Waals surface area contributed by atoms with E-state index in [1.165, 1.54) is 18.9 Å². The molecule has 0 atom stereocenters. The number of benzene rings is 2. The number of hydrogen-bond donors (Lipinski definition) is 1. The van der Waals surface area contributed by atoms with Gasteiger partial charge in [0.05, 0.1) is 30.7 Å². The van der Waals surface area contributed by atoms with E-state index in [4.69, 9.17) is 32.7 Å². The molecule has 0 fully saturated rings. The minimum atomic E-state index is -0.226. The molecule has 0 bridgehead atoms. The zero-order valence-electron chi connectivity index (χ0n) is 16.9. The Kier molecular flexibility index (Phi) is 7.84. The highest BCUT2D eigenvalue weighted by Gasteiger charge is 2.18. The molecular formula is C21H20Cl2N4O3S. The third-order valence-corrected chi connectivity index (χ3v) is 5.73. The van der Waals surface area contributed by atoms with Crippen molar-refractivity contribution in [2.45, 2.75) is 11.7 Å². The van der Waals surface area contributed by atoms with Crippen LogP contribution in [0.25, 0.3) is 11.4 Å². The highest BCUT2D eigenvalue weighted by molar-refractivity contribution is 7.99. The van der Waals surface area contributed by atoms with Crippen molar-refractivity contribution in [3.05, 3.63) is 59.1 Å². The molecule has 0 aliphatic heterocycles. The van der Waals surface area contributed by atoms with E-state index in [9.17, 15) is 4.79 Å². The van der Waals surface area contributed by atoms with E-state index in [1.807, 2.05) is 4.57 Å². The third-order valence-electron chi connectivity index (χ3n) is 4.21. The molecule has 3 rings (SSSR count). The predicted octanol–water partition coefficient (Wildman–Crippen LogP) is 5.19. The number of rotatable bonds is 9. The van der Waals surface area contributed by atoms with Gasteiger partial charge in [0.25, 0.3) is 0 Å². The van der Waals surface area contributed by atoms with Crippen LogP contribution in [0.15, 0.2) is 54.2 Å². The Balaban J connectivity index is 1.77. The summed E-state index contributed by atoms with van der Waals surface area (Å²) in [6.07, 6.45) is 1.72. The van der Waals surface area contributed by atoms with E-state index in [-0.39, 0.29) is 11.7 Å². The van der Waals surface area contributed by atoms with Gasteiger partial charge in [0.1, 0.15) is 11.5 Å². The number of nitrogens with one attached hydrogen (secondary N) is 1. The number of aromatic nitrogens is 3. The second-order valence-electron chi connectivity index (χ2n) is 6.23. The quantitative estimate of drug-likeness (QED) is 0.336. The number of ether oxygens (including phenoxy) is 2. The maximum atomic E-state index is 12.5. The smallest absolute Gasteiger partial charge is 0.234 e. The molecule has 0 radical (unpaired) electrons. The summed E-state index contributed by atoms with van der Waals surface area (Å²) >= 11 is 13.6. The number of carbonyl (C=O) groups is 1. The minimum absolute atomic E-state index is 0.115. The van der Waals surface area contributed by atoms with Gasteiger partial charge >= 0.3 is 0 Å². The average molecular weight is 479 g/mol. The Morgan fingerprint density at radius 2 is 2.00 bits per heavy atom. The van der Waals surface area contributed by atoms with Crippen molar-refractivity contribution >= 4 is 46.6 Å². The lowest BCUT2D eigenvalue weighted by molar-refractivity contribution is -0.113. The molecule has 7 nitrogen and oxygen atoms in total. The van der Waals surface area contributed by atoms with Crippen molar-refractivity contribution in [3.63, 3.8) is 0 Å². The molecule has 0 aliphatic rings. The number of hydrogen-bond acceptors (Lipinski definition) is 6. The maximum Gasteiger partial charge on any atom is 0.234 e. The second-order valence-corrected chi connectivity index (χ2v) is 8.02. The summed E-state index contributed by atoms with van der Waals surface area (Å²) in [6, 6.07) is 10.3. The van der Waals surface area contributed by atoms with Crippen LogP contribution >= 0.6 is 35.0 Å². The van der Waals surface area contributed by atoms with Crippen LogP contribution < -0.4 is 14.8 Å². The first kappa shape index (κ1) is 23.0. The van der Waals surface area contributed by atoms with E-state index in [0.717, 1.165) is 0 Å². The summed E-state index contributed by atoms with van der Waals surface area (Å²) < 4.78 is 12.3. The van der Waals surface area contributed by atoms with Crippen molar-refractivity contribution in [2.24, 2.45) is 0 Å². The van der Waals surface area contributed by atoms with Gasteiger partial charge in [0.2, 0.25) is 5.91 Å². The molecule has 1 aromatic heterocycles. The number of amides is 1. The standard InChI is InChI=1S/C21H20Cl2N4O3S/c1-4-9-27-20(15-7-5-13(22)10-16(15)23)25-26-21(27)31-12-19(28)24-17-11-14(29-2)6-8-18(17)30-3/h4-8,10-11H,1,9,12H2,2-3H3,(H,24,28). The average Bonchev–Trinajstić information content (AvgIpc) is 3.14. The lowest BCUT2D eigenvalue weighted by Gasteiger charge is -2.12. The summed E-state index contributed by atoms with van der Waals surface area (Å²) in [5.74, 6) is 1.60. The van der Waals surface area contributed by atoms with Gasteiger partial charge in [-0.25, -0.2) is 0 Å². The van der Waals surface area contributed by atoms with Crippen LogP contribution in [0.5, 0.6) is 11.5 Å². The molecule has 1 amide bonds. The highest BCUT2D eigenvalue weighted by Crippen LogP contribution is 2.32. The van der Waals surface area contributed by atoms with E-state index in [0.29, 0.717) is 50.3 Å². The number of carbonyl (C=O) groups excluding carboxylic acids is 1. The molecule has 0 saturated heterocycles. The zero-order valence-corrected chi connectivity index (χ0v) is 19.2. The van der Waals surface area contributed by atoms with E-state index < -0.39 is 0 Å². The van der Waals surface area contributed by atoms with Crippen molar-refractivity contribution < 1.29 is 14.3 Å². The number of nitrogens with zero attached hydrogens (tertiary/aromatic N) is 3. The van der Waals surface area contributed by atoms with Gasteiger partial charge in [-0.15, -0.1) is 16.8 Å². The molecule has 1 heterocycles. The van der Waals surface area contributed by atoms with Crippen LogP contribution in [0.4, 0.5) is 5.69 Å². The van der Waals surface area contributed by atoms with Gasteiger partial charge in [-0.3, -0.25) is 9.36 Å². The van der Waals surface area contributed by atoms with E-state index >= 15 is 0 Å². The van der Waals surface area contributed by atoms with Gasteiger partial charge in [-0.05, 0) is 30.3 Å². The van der Waals surface area contributed by atoms with Gasteiger partial charge < -0.3 is 14.8 Å². The van der Waals surface area contributed by atoms with Crippen LogP contribution in [0.3, 0.4) is 0 Å². The Morgan fingerprint density at radius 3 is 2.68 bits per heavy atom. The normalized spacial score (nSPS) is 10.6. The van der Waals surface area contributed by atoms with Crippen molar-refractivity contribution in [3.8, 4) is 22.9 Å². The second kappa shape index (κ2) is 10.6.